The van der Waals surface area contributed by atoms with Crippen molar-refractivity contribution in [2.24, 2.45) is 0 Å². The summed E-state index contributed by atoms with van der Waals surface area (Å²) in [6.45, 7) is 19.1. The molecule has 0 unspecified atom stereocenters. The van der Waals surface area contributed by atoms with Crippen molar-refractivity contribution in [3.63, 3.8) is 0 Å². The van der Waals surface area contributed by atoms with E-state index in [4.69, 9.17) is 14.3 Å². The van der Waals surface area contributed by atoms with E-state index in [9.17, 15) is 4.79 Å². The fourth-order valence-corrected chi connectivity index (χ4v) is 4.32. The molecule has 1 aliphatic rings. The van der Waals surface area contributed by atoms with E-state index in [1.165, 1.54) is 0 Å². The molecule has 0 radical (unpaired) electrons. The molecule has 158 valence electrons. The van der Waals surface area contributed by atoms with Gasteiger partial charge in [-0.1, -0.05) is 26.8 Å². The summed E-state index contributed by atoms with van der Waals surface area (Å²) in [5.41, 5.74) is 0.445. The molecule has 1 N–H and O–H groups in total. The first-order valence-electron chi connectivity index (χ1n) is 10.2. The molecule has 0 saturated heterocycles. The van der Waals surface area contributed by atoms with E-state index < -0.39 is 13.9 Å². The van der Waals surface area contributed by atoms with Crippen molar-refractivity contribution >= 4 is 14.4 Å². The van der Waals surface area contributed by atoms with Gasteiger partial charge in [-0.15, -0.1) is 0 Å². The van der Waals surface area contributed by atoms with Crippen LogP contribution in [0.4, 0.5) is 4.79 Å². The van der Waals surface area contributed by atoms with Crippen LogP contribution in [0, 0.1) is 0 Å². The number of allylic oxidation sites excluding steroid dienone is 1. The van der Waals surface area contributed by atoms with Gasteiger partial charge in [0.2, 0.25) is 0 Å². The third-order valence-electron chi connectivity index (χ3n) is 5.52. The Morgan fingerprint density at radius 1 is 1.22 bits per heavy atom. The van der Waals surface area contributed by atoms with Crippen LogP contribution < -0.4 is 0 Å². The van der Waals surface area contributed by atoms with Crippen LogP contribution in [-0.2, 0) is 9.16 Å². The maximum Gasteiger partial charge on any atom is 0.414 e. The van der Waals surface area contributed by atoms with E-state index >= 15 is 0 Å². The van der Waals surface area contributed by atoms with Gasteiger partial charge in [0.05, 0.1) is 12.1 Å². The van der Waals surface area contributed by atoms with E-state index in [2.05, 4.69) is 46.9 Å². The summed E-state index contributed by atoms with van der Waals surface area (Å²) in [5.74, 6) is 0. The maximum atomic E-state index is 12.9. The zero-order valence-corrected chi connectivity index (χ0v) is 19.9. The number of carbonyl (C=O) groups excluding carboxylic acids is 1. The molecule has 0 aromatic heterocycles. The Morgan fingerprint density at radius 3 is 2.30 bits per heavy atom. The summed E-state index contributed by atoms with van der Waals surface area (Å²) in [5, 5.41) is 9.20. The van der Waals surface area contributed by atoms with Crippen molar-refractivity contribution in [1.29, 1.82) is 0 Å². The third-order valence-corrected chi connectivity index (χ3v) is 10.0. The first kappa shape index (κ1) is 24.2. The smallest absolute Gasteiger partial charge is 0.414 e. The van der Waals surface area contributed by atoms with Crippen LogP contribution in [0.2, 0.25) is 18.1 Å². The van der Waals surface area contributed by atoms with E-state index in [1.54, 1.807) is 4.90 Å². The highest BCUT2D eigenvalue weighted by Gasteiger charge is 2.43. The molecule has 2 atom stereocenters. The lowest BCUT2D eigenvalue weighted by molar-refractivity contribution is 0.00520. The second kappa shape index (κ2) is 9.10. The van der Waals surface area contributed by atoms with Gasteiger partial charge in [0.1, 0.15) is 5.60 Å². The quantitative estimate of drug-likeness (QED) is 0.476. The van der Waals surface area contributed by atoms with Gasteiger partial charge in [-0.05, 0) is 71.5 Å². The van der Waals surface area contributed by atoms with E-state index in [0.717, 1.165) is 31.4 Å². The van der Waals surface area contributed by atoms with Crippen molar-refractivity contribution in [3.8, 4) is 0 Å². The second-order valence-electron chi connectivity index (χ2n) is 10.1. The molecule has 1 amide bonds. The first-order valence-corrected chi connectivity index (χ1v) is 13.1. The molecule has 27 heavy (non-hydrogen) atoms. The number of hydrogen-bond acceptors (Lipinski definition) is 4. The average Bonchev–Trinajstić information content (AvgIpc) is 2.47. The average molecular weight is 400 g/mol. The van der Waals surface area contributed by atoms with Crippen LogP contribution in [0.5, 0.6) is 0 Å². The fourth-order valence-electron chi connectivity index (χ4n) is 2.91. The topological polar surface area (TPSA) is 59.0 Å². The van der Waals surface area contributed by atoms with Gasteiger partial charge in [-0.25, -0.2) is 4.79 Å². The molecule has 0 aromatic carbocycles. The van der Waals surface area contributed by atoms with Crippen LogP contribution in [0.1, 0.15) is 74.1 Å². The minimum atomic E-state index is -1.94. The maximum absolute atomic E-state index is 12.9. The molecule has 1 aliphatic heterocycles. The first-order chi connectivity index (χ1) is 12.2. The van der Waals surface area contributed by atoms with E-state index in [-0.39, 0.29) is 29.9 Å². The second-order valence-corrected chi connectivity index (χ2v) is 14.9. The largest absolute Gasteiger partial charge is 0.443 e. The van der Waals surface area contributed by atoms with Gasteiger partial charge < -0.3 is 14.3 Å². The summed E-state index contributed by atoms with van der Waals surface area (Å²) < 4.78 is 12.3. The number of unbranched alkanes of at least 4 members (excludes halogenated alkanes) is 1. The molecule has 6 heteroatoms. The van der Waals surface area contributed by atoms with Crippen molar-refractivity contribution in [3.05, 3.63) is 11.8 Å². The highest BCUT2D eigenvalue weighted by Crippen LogP contribution is 2.39. The van der Waals surface area contributed by atoms with E-state index in [1.807, 2.05) is 20.8 Å². The van der Waals surface area contributed by atoms with Crippen LogP contribution in [0.25, 0.3) is 0 Å². The minimum absolute atomic E-state index is 0.0278. The van der Waals surface area contributed by atoms with Crippen molar-refractivity contribution in [2.45, 2.75) is 110 Å². The Hall–Kier alpha value is -0.853. The van der Waals surface area contributed by atoms with Crippen LogP contribution in [-0.4, -0.2) is 48.8 Å². The molecule has 0 spiro atoms. The van der Waals surface area contributed by atoms with Gasteiger partial charge in [0.25, 0.3) is 0 Å². The van der Waals surface area contributed by atoms with Crippen LogP contribution in [0.15, 0.2) is 11.8 Å². The standard InChI is InChI=1S/C21H41NO4Si/c1-16-18(26-27(8,9)21(5,6)7)14-13-17(12-10-11-15-23)22(16)19(24)25-20(2,3)4/h13,16,18,23H,10-12,14-15H2,1-9H3/t16-,18+/m0/s1. The summed E-state index contributed by atoms with van der Waals surface area (Å²) >= 11 is 0. The zero-order valence-electron chi connectivity index (χ0n) is 18.9. The molecule has 0 aromatic rings. The van der Waals surface area contributed by atoms with E-state index in [0.29, 0.717) is 0 Å². The Bertz CT molecular complexity index is 531. The SMILES string of the molecule is C[C@H]1[C@H](O[Si](C)(C)C(C)(C)C)CC=C(CCCCO)N1C(=O)OC(C)(C)C. The molecule has 0 aliphatic carbocycles. The highest BCUT2D eigenvalue weighted by atomic mass is 28.4. The van der Waals surface area contributed by atoms with Crippen molar-refractivity contribution in [1.82, 2.24) is 4.90 Å². The summed E-state index contributed by atoms with van der Waals surface area (Å²) in [4.78, 5) is 14.7. The molecular formula is C21H41NO4Si. The Balaban J connectivity index is 3.06. The summed E-state index contributed by atoms with van der Waals surface area (Å²) in [6, 6.07) is -0.0805. The number of amides is 1. The van der Waals surface area contributed by atoms with Crippen LogP contribution in [0.3, 0.4) is 0 Å². The number of carbonyl (C=O) groups is 1. The van der Waals surface area contributed by atoms with Gasteiger partial charge >= 0.3 is 6.09 Å². The Kier molecular flexibility index (Phi) is 8.15. The molecule has 5 nitrogen and oxygen atoms in total. The van der Waals surface area contributed by atoms with Gasteiger partial charge in [-0.2, -0.15) is 0 Å². The number of aliphatic hydroxyl groups excluding tert-OH is 1. The lowest BCUT2D eigenvalue weighted by Gasteiger charge is -2.45. The van der Waals surface area contributed by atoms with Crippen molar-refractivity contribution in [2.75, 3.05) is 6.61 Å². The van der Waals surface area contributed by atoms with Gasteiger partial charge in [0, 0.05) is 12.3 Å². The number of hydrogen-bond donors (Lipinski definition) is 1. The molecule has 0 fully saturated rings. The zero-order chi connectivity index (χ0) is 21.0. The number of rotatable bonds is 6. The summed E-state index contributed by atoms with van der Waals surface area (Å²) in [6.07, 6.45) is 4.94. The monoisotopic (exact) mass is 399 g/mol. The number of aliphatic hydroxyl groups is 1. The predicted molar refractivity (Wildman–Crippen MR) is 113 cm³/mol. The Labute approximate surface area is 167 Å². The Morgan fingerprint density at radius 2 is 1.81 bits per heavy atom. The number of ether oxygens (including phenoxy) is 1. The summed E-state index contributed by atoms with van der Waals surface area (Å²) in [7, 11) is -1.94. The van der Waals surface area contributed by atoms with Gasteiger partial charge in [0.15, 0.2) is 8.32 Å². The predicted octanol–water partition coefficient (Wildman–Crippen LogP) is 5.45. The number of nitrogens with zero attached hydrogens (tertiary/aromatic N) is 1. The lowest BCUT2D eigenvalue weighted by atomic mass is 9.99. The minimum Gasteiger partial charge on any atom is -0.443 e. The highest BCUT2D eigenvalue weighted by molar-refractivity contribution is 6.74. The molecule has 1 rings (SSSR count). The normalized spacial score (nSPS) is 21.9. The molecule has 1 heterocycles. The van der Waals surface area contributed by atoms with Crippen molar-refractivity contribution < 1.29 is 19.1 Å². The third kappa shape index (κ3) is 6.91. The fraction of sp³-hybridized carbons (Fsp3) is 0.857. The molecule has 0 saturated carbocycles. The van der Waals surface area contributed by atoms with Crippen LogP contribution >= 0.6 is 0 Å². The van der Waals surface area contributed by atoms with Gasteiger partial charge in [-0.3, -0.25) is 4.90 Å². The molecular weight excluding hydrogens is 358 g/mol. The lowest BCUT2D eigenvalue weighted by Crippen LogP contribution is -2.54. The molecule has 0 bridgehead atoms.